The van der Waals surface area contributed by atoms with E-state index in [0.717, 1.165) is 30.1 Å². The molecule has 1 heterocycles. The molecule has 4 heteroatoms. The molecule has 1 saturated heterocycles. The van der Waals surface area contributed by atoms with Crippen molar-refractivity contribution in [3.05, 3.63) is 23.8 Å². The molecule has 1 fully saturated rings. The van der Waals surface area contributed by atoms with Crippen LogP contribution in [0.2, 0.25) is 0 Å². The van der Waals surface area contributed by atoms with Crippen molar-refractivity contribution in [3.63, 3.8) is 0 Å². The number of alkyl halides is 1. The quantitative estimate of drug-likeness (QED) is 0.795. The number of ether oxygens (including phenoxy) is 3. The molecule has 1 aliphatic rings. The van der Waals surface area contributed by atoms with Gasteiger partial charge in [0.15, 0.2) is 11.5 Å². The molecule has 0 radical (unpaired) electrons. The summed E-state index contributed by atoms with van der Waals surface area (Å²) in [5, 5.41) is 0. The maximum atomic E-state index is 5.79. The van der Waals surface area contributed by atoms with Crippen LogP contribution in [0.25, 0.3) is 0 Å². The van der Waals surface area contributed by atoms with E-state index >= 15 is 0 Å². The Morgan fingerprint density at radius 1 is 1.28 bits per heavy atom. The van der Waals surface area contributed by atoms with Crippen molar-refractivity contribution >= 4 is 15.9 Å². The molecule has 3 nitrogen and oxygen atoms in total. The Kier molecular flexibility index (Phi) is 4.51. The van der Waals surface area contributed by atoms with Crippen LogP contribution in [0.3, 0.4) is 0 Å². The molecule has 0 spiro atoms. The third-order valence-electron chi connectivity index (χ3n) is 3.46. The van der Waals surface area contributed by atoms with Crippen LogP contribution < -0.4 is 9.47 Å². The first kappa shape index (κ1) is 13.7. The Morgan fingerprint density at radius 2 is 2.00 bits per heavy atom. The number of rotatable bonds is 4. The fourth-order valence-corrected chi connectivity index (χ4v) is 3.26. The normalized spacial score (nSPS) is 24.9. The molecule has 0 aromatic heterocycles. The maximum absolute atomic E-state index is 5.79. The Bertz CT molecular complexity index is 408. The minimum absolute atomic E-state index is 0.190. The first-order valence-electron chi connectivity index (χ1n) is 6.15. The van der Waals surface area contributed by atoms with Gasteiger partial charge in [-0.05, 0) is 30.0 Å². The summed E-state index contributed by atoms with van der Waals surface area (Å²) in [5.41, 5.74) is 1.16. The lowest BCUT2D eigenvalue weighted by Gasteiger charge is -2.22. The van der Waals surface area contributed by atoms with Crippen LogP contribution in [0, 0.1) is 5.92 Å². The lowest BCUT2D eigenvalue weighted by atomic mass is 9.97. The van der Waals surface area contributed by atoms with Gasteiger partial charge < -0.3 is 14.2 Å². The highest BCUT2D eigenvalue weighted by atomic mass is 79.9. The Hall–Kier alpha value is -0.740. The smallest absolute Gasteiger partial charge is 0.161 e. The summed E-state index contributed by atoms with van der Waals surface area (Å²) < 4.78 is 16.4. The van der Waals surface area contributed by atoms with E-state index in [9.17, 15) is 0 Å². The van der Waals surface area contributed by atoms with Crippen LogP contribution in [-0.4, -0.2) is 26.9 Å². The van der Waals surface area contributed by atoms with Crippen molar-refractivity contribution in [2.24, 2.45) is 5.92 Å². The second kappa shape index (κ2) is 5.93. The molecule has 0 bridgehead atoms. The van der Waals surface area contributed by atoms with Crippen molar-refractivity contribution < 1.29 is 14.2 Å². The number of hydrogen-bond donors (Lipinski definition) is 0. The molecular formula is C14H19BrO3. The summed E-state index contributed by atoms with van der Waals surface area (Å²) in [6.07, 6.45) is 1.35. The summed E-state index contributed by atoms with van der Waals surface area (Å²) in [6.45, 7) is 3.08. The summed E-state index contributed by atoms with van der Waals surface area (Å²) in [7, 11) is 3.30. The molecule has 1 aliphatic heterocycles. The Morgan fingerprint density at radius 3 is 2.56 bits per heavy atom. The summed E-state index contributed by atoms with van der Waals surface area (Å²) in [5.74, 6) is 2.08. The first-order valence-corrected chi connectivity index (χ1v) is 7.06. The van der Waals surface area contributed by atoms with Gasteiger partial charge in [-0.25, -0.2) is 0 Å². The third-order valence-corrected chi connectivity index (χ3v) is 4.51. The van der Waals surface area contributed by atoms with Crippen molar-refractivity contribution in [3.8, 4) is 11.5 Å². The topological polar surface area (TPSA) is 27.7 Å². The number of methoxy groups -OCH3 is 2. The number of halogens is 1. The van der Waals surface area contributed by atoms with Gasteiger partial charge in [0.05, 0.1) is 25.2 Å². The maximum Gasteiger partial charge on any atom is 0.161 e. The van der Waals surface area contributed by atoms with Crippen molar-refractivity contribution in [1.29, 1.82) is 0 Å². The molecule has 0 N–H and O–H groups in total. The van der Waals surface area contributed by atoms with Crippen molar-refractivity contribution in [1.82, 2.24) is 0 Å². The largest absolute Gasteiger partial charge is 0.493 e. The fraction of sp³-hybridized carbons (Fsp3) is 0.571. The molecule has 3 atom stereocenters. The molecule has 0 saturated carbocycles. The lowest BCUT2D eigenvalue weighted by Crippen LogP contribution is -2.19. The SMILES string of the molecule is COc1ccc(C(Br)C2OCCC2C)cc1OC. The fourth-order valence-electron chi connectivity index (χ4n) is 2.31. The summed E-state index contributed by atoms with van der Waals surface area (Å²) >= 11 is 3.74. The van der Waals surface area contributed by atoms with E-state index in [2.05, 4.69) is 28.9 Å². The molecule has 2 rings (SSSR count). The van der Waals surface area contributed by atoms with Crippen molar-refractivity contribution in [2.45, 2.75) is 24.3 Å². The third kappa shape index (κ3) is 2.64. The summed E-state index contributed by atoms with van der Waals surface area (Å²) in [4.78, 5) is 0.190. The van der Waals surface area contributed by atoms with Crippen LogP contribution >= 0.6 is 15.9 Å². The molecule has 0 aliphatic carbocycles. The molecular weight excluding hydrogens is 296 g/mol. The standard InChI is InChI=1S/C14H19BrO3/c1-9-6-7-18-14(9)13(15)10-4-5-11(16-2)12(8-10)17-3/h4-5,8-9,13-14H,6-7H2,1-3H3. The zero-order chi connectivity index (χ0) is 13.1. The first-order chi connectivity index (χ1) is 8.67. The van der Waals surface area contributed by atoms with Gasteiger partial charge in [-0.3, -0.25) is 0 Å². The van der Waals surface area contributed by atoms with E-state index in [4.69, 9.17) is 14.2 Å². The zero-order valence-electron chi connectivity index (χ0n) is 11.0. The second-order valence-electron chi connectivity index (χ2n) is 4.62. The highest BCUT2D eigenvalue weighted by Crippen LogP contribution is 2.40. The Balaban J connectivity index is 2.22. The summed E-state index contributed by atoms with van der Waals surface area (Å²) in [6, 6.07) is 5.99. The van der Waals surface area contributed by atoms with Crippen molar-refractivity contribution in [2.75, 3.05) is 20.8 Å². The monoisotopic (exact) mass is 314 g/mol. The minimum atomic E-state index is 0.190. The minimum Gasteiger partial charge on any atom is -0.493 e. The molecule has 1 aromatic rings. The number of benzene rings is 1. The highest BCUT2D eigenvalue weighted by Gasteiger charge is 2.31. The number of hydrogen-bond acceptors (Lipinski definition) is 3. The predicted molar refractivity (Wildman–Crippen MR) is 74.7 cm³/mol. The molecule has 18 heavy (non-hydrogen) atoms. The molecule has 0 amide bonds. The Labute approximate surface area is 117 Å². The van der Waals surface area contributed by atoms with Gasteiger partial charge in [0, 0.05) is 6.61 Å². The second-order valence-corrected chi connectivity index (χ2v) is 5.60. The molecule has 100 valence electrons. The van der Waals surface area contributed by atoms with Gasteiger partial charge in [-0.1, -0.05) is 28.9 Å². The van der Waals surface area contributed by atoms with Gasteiger partial charge >= 0.3 is 0 Å². The van der Waals surface area contributed by atoms with E-state index in [0.29, 0.717) is 5.92 Å². The predicted octanol–water partition coefficient (Wildman–Crippen LogP) is 3.56. The molecule has 3 unspecified atom stereocenters. The van der Waals surface area contributed by atoms with Gasteiger partial charge in [-0.2, -0.15) is 0 Å². The van der Waals surface area contributed by atoms with E-state index < -0.39 is 0 Å². The van der Waals surface area contributed by atoms with E-state index in [1.165, 1.54) is 0 Å². The van der Waals surface area contributed by atoms with Gasteiger partial charge in [0.1, 0.15) is 0 Å². The van der Waals surface area contributed by atoms with E-state index in [1.807, 2.05) is 12.1 Å². The van der Waals surface area contributed by atoms with Crippen LogP contribution in [0.4, 0.5) is 0 Å². The van der Waals surface area contributed by atoms with Crippen LogP contribution in [0.15, 0.2) is 18.2 Å². The lowest BCUT2D eigenvalue weighted by molar-refractivity contribution is 0.0934. The van der Waals surface area contributed by atoms with E-state index in [-0.39, 0.29) is 10.9 Å². The average molecular weight is 315 g/mol. The zero-order valence-corrected chi connectivity index (χ0v) is 12.6. The van der Waals surface area contributed by atoms with Crippen LogP contribution in [-0.2, 0) is 4.74 Å². The van der Waals surface area contributed by atoms with Gasteiger partial charge in [0.2, 0.25) is 0 Å². The molecule has 1 aromatic carbocycles. The van der Waals surface area contributed by atoms with Crippen LogP contribution in [0.5, 0.6) is 11.5 Å². The van der Waals surface area contributed by atoms with E-state index in [1.54, 1.807) is 14.2 Å². The average Bonchev–Trinajstić information content (AvgIpc) is 2.83. The van der Waals surface area contributed by atoms with Gasteiger partial charge in [0.25, 0.3) is 0 Å². The van der Waals surface area contributed by atoms with Gasteiger partial charge in [-0.15, -0.1) is 0 Å². The highest BCUT2D eigenvalue weighted by molar-refractivity contribution is 9.09. The van der Waals surface area contributed by atoms with Crippen LogP contribution in [0.1, 0.15) is 23.7 Å².